The number of rotatable bonds is 25. The highest BCUT2D eigenvalue weighted by Gasteiger charge is 2.22. The summed E-state index contributed by atoms with van der Waals surface area (Å²) < 4.78 is 10.5. The van der Waals surface area contributed by atoms with Gasteiger partial charge in [0.2, 0.25) is 11.5 Å². The summed E-state index contributed by atoms with van der Waals surface area (Å²) in [4.78, 5) is 0. The maximum Gasteiger partial charge on any atom is 0.207 e. The summed E-state index contributed by atoms with van der Waals surface area (Å²) in [5.74, 6) is 1.08. The largest absolute Gasteiger partial charge is 0.504 e. The van der Waals surface area contributed by atoms with E-state index in [2.05, 4.69) is 117 Å². The minimum atomic E-state index is 0.00635. The van der Waals surface area contributed by atoms with Crippen molar-refractivity contribution in [3.8, 4) is 23.0 Å². The van der Waals surface area contributed by atoms with Crippen molar-refractivity contribution >= 4 is 0 Å². The van der Waals surface area contributed by atoms with Crippen LogP contribution in [0.15, 0.2) is 93.7 Å². The van der Waals surface area contributed by atoms with Gasteiger partial charge in [0, 0.05) is 11.1 Å². The molecule has 0 spiro atoms. The van der Waals surface area contributed by atoms with E-state index < -0.39 is 0 Å². The van der Waals surface area contributed by atoms with Crippen molar-refractivity contribution < 1.29 is 19.7 Å². The average Bonchev–Trinajstić information content (AvgIpc) is 3.09. The molecule has 1 aromatic carbocycles. The highest BCUT2D eigenvalue weighted by molar-refractivity contribution is 5.66. The Balaban J connectivity index is 2.37. The molecule has 0 bridgehead atoms. The van der Waals surface area contributed by atoms with Crippen LogP contribution in [0.4, 0.5) is 0 Å². The Kier molecular flexibility index (Phi) is 24.1. The lowest BCUT2D eigenvalue weighted by atomic mass is 9.99. The molecular formula is C49H76O4. The van der Waals surface area contributed by atoms with E-state index in [1.54, 1.807) is 6.92 Å². The van der Waals surface area contributed by atoms with Gasteiger partial charge in [0.25, 0.3) is 0 Å². The molecule has 0 aromatic heterocycles. The van der Waals surface area contributed by atoms with Crippen LogP contribution in [0.1, 0.15) is 157 Å². The molecule has 0 aliphatic carbocycles. The molecule has 0 unspecified atom stereocenters. The quantitative estimate of drug-likeness (QED) is 0.0598. The van der Waals surface area contributed by atoms with Gasteiger partial charge in [0.15, 0.2) is 11.5 Å². The van der Waals surface area contributed by atoms with E-state index >= 15 is 0 Å². The summed E-state index contributed by atoms with van der Waals surface area (Å²) in [7, 11) is 2.91. The van der Waals surface area contributed by atoms with E-state index in [0.717, 1.165) is 89.4 Å². The SMILES string of the molecule is COc1c(O)c(C)c(C/C=C(\C)CC/C=C(\C)CC/C=C(\C)CC/C=C(\C)CC/C=C(\C)CC/C=C(\C)CC/C=C(C)/C=C/CC(C)C)c(O)c1OC. The van der Waals surface area contributed by atoms with Gasteiger partial charge in [-0.1, -0.05) is 108 Å². The Morgan fingerprint density at radius 1 is 0.528 bits per heavy atom. The first-order valence-corrected chi connectivity index (χ1v) is 20.1. The molecule has 4 nitrogen and oxygen atoms in total. The van der Waals surface area contributed by atoms with E-state index in [-0.39, 0.29) is 23.0 Å². The Morgan fingerprint density at radius 3 is 1.23 bits per heavy atom. The van der Waals surface area contributed by atoms with E-state index in [1.165, 1.54) is 53.2 Å². The lowest BCUT2D eigenvalue weighted by Gasteiger charge is -2.17. The summed E-state index contributed by atoms with van der Waals surface area (Å²) in [5.41, 5.74) is 11.3. The van der Waals surface area contributed by atoms with Crippen molar-refractivity contribution in [3.63, 3.8) is 0 Å². The molecule has 1 aromatic rings. The first kappa shape index (κ1) is 47.4. The van der Waals surface area contributed by atoms with Crippen molar-refractivity contribution in [3.05, 3.63) is 105 Å². The molecule has 0 atom stereocenters. The molecular weight excluding hydrogens is 653 g/mol. The number of hydrogen-bond acceptors (Lipinski definition) is 4. The van der Waals surface area contributed by atoms with Crippen molar-refractivity contribution in [2.75, 3.05) is 14.2 Å². The van der Waals surface area contributed by atoms with Crippen molar-refractivity contribution in [2.45, 2.75) is 159 Å². The third kappa shape index (κ3) is 20.4. The highest BCUT2D eigenvalue weighted by Crippen LogP contribution is 2.48. The average molecular weight is 729 g/mol. The first-order valence-electron chi connectivity index (χ1n) is 20.1. The molecule has 0 aliphatic rings. The van der Waals surface area contributed by atoms with Crippen LogP contribution < -0.4 is 9.47 Å². The van der Waals surface area contributed by atoms with Gasteiger partial charge in [-0.05, 0) is 151 Å². The molecule has 0 amide bonds. The lowest BCUT2D eigenvalue weighted by Crippen LogP contribution is -1.98. The highest BCUT2D eigenvalue weighted by atomic mass is 16.5. The zero-order valence-electron chi connectivity index (χ0n) is 35.9. The zero-order chi connectivity index (χ0) is 39.8. The van der Waals surface area contributed by atoms with Crippen LogP contribution in [0, 0.1) is 12.8 Å². The molecule has 53 heavy (non-hydrogen) atoms. The normalized spacial score (nSPS) is 14.2. The van der Waals surface area contributed by atoms with E-state index in [4.69, 9.17) is 9.47 Å². The molecule has 2 N–H and O–H groups in total. The maximum atomic E-state index is 10.7. The molecule has 296 valence electrons. The third-order valence-corrected chi connectivity index (χ3v) is 9.94. The summed E-state index contributed by atoms with van der Waals surface area (Å²) >= 11 is 0. The molecule has 0 saturated heterocycles. The van der Waals surface area contributed by atoms with Gasteiger partial charge in [0.1, 0.15) is 0 Å². The molecule has 0 radical (unpaired) electrons. The van der Waals surface area contributed by atoms with Crippen molar-refractivity contribution in [2.24, 2.45) is 5.92 Å². The minimum absolute atomic E-state index is 0.00635. The van der Waals surface area contributed by atoms with Gasteiger partial charge in [-0.15, -0.1) is 0 Å². The number of phenols is 2. The van der Waals surface area contributed by atoms with Crippen molar-refractivity contribution in [1.82, 2.24) is 0 Å². The standard InChI is InChI=1S/C49H76O4/c1-36(2)20-13-21-37(3)22-14-23-38(4)24-15-25-39(5)26-16-27-40(6)28-17-29-41(7)30-18-31-42(8)32-19-33-43(9)34-35-45-44(10)46(50)48(52-11)49(53-12)47(45)51/h13,21-22,24,26,28,30,32,34,36,50-51H,14-20,23,25,27,29,31,33,35H2,1-12H3/b21-13+,37-22+,38-24+,39-26+,40-28+,41-30+,42-32+,43-34+. The second-order valence-electron chi connectivity index (χ2n) is 15.6. The zero-order valence-corrected chi connectivity index (χ0v) is 35.9. The molecule has 4 heteroatoms. The topological polar surface area (TPSA) is 58.9 Å². The fourth-order valence-corrected chi connectivity index (χ4v) is 6.21. The molecule has 0 saturated carbocycles. The van der Waals surface area contributed by atoms with Crippen LogP contribution >= 0.6 is 0 Å². The Labute approximate surface area is 325 Å². The van der Waals surface area contributed by atoms with Crippen LogP contribution in [0.5, 0.6) is 23.0 Å². The number of hydrogen-bond donors (Lipinski definition) is 2. The van der Waals surface area contributed by atoms with Crippen LogP contribution in [0.25, 0.3) is 0 Å². The van der Waals surface area contributed by atoms with E-state index in [1.807, 2.05) is 0 Å². The number of methoxy groups -OCH3 is 2. The lowest BCUT2D eigenvalue weighted by molar-refractivity contribution is 0.314. The smallest absolute Gasteiger partial charge is 0.207 e. The summed E-state index contributed by atoms with van der Waals surface area (Å²) in [5, 5.41) is 21.2. The Bertz CT molecular complexity index is 1500. The second kappa shape index (κ2) is 27.0. The van der Waals surface area contributed by atoms with Gasteiger partial charge in [0.05, 0.1) is 14.2 Å². The summed E-state index contributed by atoms with van der Waals surface area (Å²) in [6.07, 6.45) is 36.0. The van der Waals surface area contributed by atoms with Crippen molar-refractivity contribution in [1.29, 1.82) is 0 Å². The minimum Gasteiger partial charge on any atom is -0.504 e. The third-order valence-electron chi connectivity index (χ3n) is 9.94. The van der Waals surface area contributed by atoms with Crippen LogP contribution in [0.3, 0.4) is 0 Å². The number of ether oxygens (including phenoxy) is 2. The van der Waals surface area contributed by atoms with E-state index in [9.17, 15) is 10.2 Å². The fourth-order valence-electron chi connectivity index (χ4n) is 6.21. The van der Waals surface area contributed by atoms with Gasteiger partial charge in [-0.25, -0.2) is 0 Å². The molecule has 1 rings (SSSR count). The number of benzene rings is 1. The van der Waals surface area contributed by atoms with Crippen LogP contribution in [0.2, 0.25) is 0 Å². The van der Waals surface area contributed by atoms with Gasteiger partial charge in [-0.3, -0.25) is 0 Å². The van der Waals surface area contributed by atoms with Crippen LogP contribution in [-0.4, -0.2) is 24.4 Å². The first-order chi connectivity index (χ1) is 25.2. The summed E-state index contributed by atoms with van der Waals surface area (Å²) in [6, 6.07) is 0. The van der Waals surface area contributed by atoms with Crippen LogP contribution in [-0.2, 0) is 6.42 Å². The number of phenolic OH excluding ortho intramolecular Hbond substituents is 2. The maximum absolute atomic E-state index is 10.7. The van der Waals surface area contributed by atoms with Gasteiger partial charge < -0.3 is 19.7 Å². The Morgan fingerprint density at radius 2 is 0.868 bits per heavy atom. The molecule has 0 fully saturated rings. The second-order valence-corrected chi connectivity index (χ2v) is 15.6. The predicted molar refractivity (Wildman–Crippen MR) is 232 cm³/mol. The molecule has 0 aliphatic heterocycles. The van der Waals surface area contributed by atoms with E-state index in [0.29, 0.717) is 17.5 Å². The molecule has 0 heterocycles. The van der Waals surface area contributed by atoms with Gasteiger partial charge >= 0.3 is 0 Å². The summed E-state index contributed by atoms with van der Waals surface area (Å²) in [6.45, 7) is 22.0. The Hall–Kier alpha value is -3.66. The monoisotopic (exact) mass is 729 g/mol. The fraction of sp³-hybridized carbons (Fsp3) is 0.551. The van der Waals surface area contributed by atoms with Gasteiger partial charge in [-0.2, -0.15) is 0 Å². The number of allylic oxidation sites excluding steroid dienone is 16. The predicted octanol–water partition coefficient (Wildman–Crippen LogP) is 14.9. The number of aromatic hydroxyl groups is 2.